The number of halogens is 2. The van der Waals surface area contributed by atoms with E-state index in [1.165, 1.54) is 51.7 Å². The van der Waals surface area contributed by atoms with Crippen LogP contribution in [-0.4, -0.2) is 6.54 Å². The normalized spacial score (nSPS) is 24.8. The first-order valence-corrected chi connectivity index (χ1v) is 10.2. The first-order valence-electron chi connectivity index (χ1n) is 7.83. The molecule has 0 amide bonds. The lowest BCUT2D eigenvalue weighted by atomic mass is 9.76. The van der Waals surface area contributed by atoms with E-state index in [-0.39, 0.29) is 0 Å². The van der Waals surface area contributed by atoms with Crippen LogP contribution in [0.5, 0.6) is 0 Å². The lowest BCUT2D eigenvalue weighted by Gasteiger charge is -2.34. The molecule has 0 aromatic carbocycles. The van der Waals surface area contributed by atoms with Gasteiger partial charge in [-0.25, -0.2) is 0 Å². The van der Waals surface area contributed by atoms with Crippen LogP contribution < -0.4 is 5.32 Å². The van der Waals surface area contributed by atoms with Gasteiger partial charge in [-0.2, -0.15) is 0 Å². The van der Waals surface area contributed by atoms with Gasteiger partial charge in [0.25, 0.3) is 0 Å². The molecule has 1 heterocycles. The smallest absolute Gasteiger partial charge is 0.0843 e. The highest BCUT2D eigenvalue weighted by molar-refractivity contribution is 9.13. The Morgan fingerprint density at radius 3 is 2.75 bits per heavy atom. The Kier molecular flexibility index (Phi) is 7.05. The molecule has 1 fully saturated rings. The van der Waals surface area contributed by atoms with Crippen molar-refractivity contribution in [2.45, 2.75) is 58.4 Å². The molecule has 0 aliphatic heterocycles. The highest BCUT2D eigenvalue weighted by Crippen LogP contribution is 2.43. The van der Waals surface area contributed by atoms with Crippen molar-refractivity contribution in [2.75, 3.05) is 6.54 Å². The molecular formula is C16H25Br2NS. The summed E-state index contributed by atoms with van der Waals surface area (Å²) in [7, 11) is 0. The van der Waals surface area contributed by atoms with Gasteiger partial charge in [-0.15, -0.1) is 11.3 Å². The maximum atomic E-state index is 3.81. The Morgan fingerprint density at radius 1 is 1.35 bits per heavy atom. The molecule has 0 saturated heterocycles. The molecule has 0 bridgehead atoms. The van der Waals surface area contributed by atoms with E-state index in [2.05, 4.69) is 57.1 Å². The Morgan fingerprint density at radius 2 is 2.15 bits per heavy atom. The molecule has 1 aliphatic rings. The second kappa shape index (κ2) is 8.30. The van der Waals surface area contributed by atoms with Gasteiger partial charge >= 0.3 is 0 Å². The molecule has 1 aliphatic carbocycles. The predicted molar refractivity (Wildman–Crippen MR) is 96.5 cm³/mol. The van der Waals surface area contributed by atoms with E-state index in [9.17, 15) is 0 Å². The summed E-state index contributed by atoms with van der Waals surface area (Å²) in [6.07, 6.45) is 8.16. The van der Waals surface area contributed by atoms with Crippen molar-refractivity contribution in [3.63, 3.8) is 0 Å². The molecular weight excluding hydrogens is 398 g/mol. The van der Waals surface area contributed by atoms with Gasteiger partial charge in [-0.3, -0.25) is 0 Å². The summed E-state index contributed by atoms with van der Waals surface area (Å²) < 4.78 is 2.42. The molecule has 1 N–H and O–H groups in total. The summed E-state index contributed by atoms with van der Waals surface area (Å²) in [4.78, 5) is 1.49. The molecule has 114 valence electrons. The zero-order chi connectivity index (χ0) is 14.5. The summed E-state index contributed by atoms with van der Waals surface area (Å²) >= 11 is 9.17. The largest absolute Gasteiger partial charge is 0.309 e. The third kappa shape index (κ3) is 4.31. The first-order chi connectivity index (χ1) is 9.65. The molecule has 1 aromatic rings. The van der Waals surface area contributed by atoms with E-state index in [1.54, 1.807) is 0 Å². The standard InChI is InChI=1S/C16H25Br2NS/c1-3-8-19-15(14-10-13(17)16(18)20-14)12-7-5-6-11(4-2)9-12/h10-12,15,19H,3-9H2,1-2H3. The van der Waals surface area contributed by atoms with Crippen molar-refractivity contribution in [3.05, 3.63) is 19.2 Å². The van der Waals surface area contributed by atoms with Crippen molar-refractivity contribution in [3.8, 4) is 0 Å². The van der Waals surface area contributed by atoms with Gasteiger partial charge < -0.3 is 5.32 Å². The quantitative estimate of drug-likeness (QED) is 0.549. The predicted octanol–water partition coefficient (Wildman–Crippen LogP) is 6.53. The second-order valence-corrected chi connectivity index (χ2v) is 9.16. The van der Waals surface area contributed by atoms with Gasteiger partial charge in [0, 0.05) is 15.4 Å². The Balaban J connectivity index is 2.13. The first kappa shape index (κ1) is 17.0. The zero-order valence-corrected chi connectivity index (χ0v) is 16.4. The summed E-state index contributed by atoms with van der Waals surface area (Å²) in [5.41, 5.74) is 0. The molecule has 0 radical (unpaired) electrons. The molecule has 3 unspecified atom stereocenters. The number of rotatable bonds is 6. The van der Waals surface area contributed by atoms with Crippen LogP contribution in [0, 0.1) is 11.8 Å². The van der Waals surface area contributed by atoms with Crippen LogP contribution in [0.15, 0.2) is 14.3 Å². The molecule has 1 nitrogen and oxygen atoms in total. The van der Waals surface area contributed by atoms with E-state index in [0.717, 1.165) is 18.4 Å². The third-order valence-electron chi connectivity index (χ3n) is 4.46. The van der Waals surface area contributed by atoms with Crippen LogP contribution >= 0.6 is 43.2 Å². The Labute approximate surface area is 144 Å². The van der Waals surface area contributed by atoms with Gasteiger partial charge in [0.1, 0.15) is 0 Å². The fourth-order valence-corrected chi connectivity index (χ4v) is 5.58. The topological polar surface area (TPSA) is 12.0 Å². The fraction of sp³-hybridized carbons (Fsp3) is 0.750. The molecule has 1 saturated carbocycles. The molecule has 20 heavy (non-hydrogen) atoms. The van der Waals surface area contributed by atoms with Crippen LogP contribution in [0.1, 0.15) is 63.3 Å². The SMILES string of the molecule is CCCNC(c1cc(Br)c(Br)s1)C1CCCC(CC)C1. The van der Waals surface area contributed by atoms with Crippen molar-refractivity contribution >= 4 is 43.2 Å². The maximum absolute atomic E-state index is 3.81. The van der Waals surface area contributed by atoms with Gasteiger partial charge in [-0.05, 0) is 75.6 Å². The fourth-order valence-electron chi connectivity index (χ4n) is 3.32. The van der Waals surface area contributed by atoms with E-state index >= 15 is 0 Å². The summed E-state index contributed by atoms with van der Waals surface area (Å²) in [5.74, 6) is 1.74. The van der Waals surface area contributed by atoms with Crippen LogP contribution in [-0.2, 0) is 0 Å². The van der Waals surface area contributed by atoms with E-state index in [0.29, 0.717) is 6.04 Å². The second-order valence-electron chi connectivity index (χ2n) is 5.90. The molecule has 4 heteroatoms. The lowest BCUT2D eigenvalue weighted by molar-refractivity contribution is 0.211. The van der Waals surface area contributed by atoms with Crippen molar-refractivity contribution in [2.24, 2.45) is 11.8 Å². The molecule has 3 atom stereocenters. The monoisotopic (exact) mass is 421 g/mol. The Bertz CT molecular complexity index is 399. The zero-order valence-electron chi connectivity index (χ0n) is 12.4. The van der Waals surface area contributed by atoms with E-state index in [1.807, 2.05) is 11.3 Å². The van der Waals surface area contributed by atoms with Gasteiger partial charge in [-0.1, -0.05) is 33.1 Å². The third-order valence-corrected chi connectivity index (χ3v) is 7.80. The number of thiophene rings is 1. The average Bonchev–Trinajstić information content (AvgIpc) is 2.79. The minimum absolute atomic E-state index is 0.539. The lowest BCUT2D eigenvalue weighted by Crippen LogP contribution is -2.31. The highest BCUT2D eigenvalue weighted by Gasteiger charge is 2.29. The Hall–Kier alpha value is 0.620. The minimum atomic E-state index is 0.539. The number of nitrogens with one attached hydrogen (secondary N) is 1. The van der Waals surface area contributed by atoms with Crippen LogP contribution in [0.4, 0.5) is 0 Å². The highest BCUT2D eigenvalue weighted by atomic mass is 79.9. The maximum Gasteiger partial charge on any atom is 0.0843 e. The van der Waals surface area contributed by atoms with E-state index < -0.39 is 0 Å². The van der Waals surface area contributed by atoms with Crippen molar-refractivity contribution in [1.82, 2.24) is 5.32 Å². The van der Waals surface area contributed by atoms with Crippen molar-refractivity contribution in [1.29, 1.82) is 0 Å². The molecule has 0 spiro atoms. The summed E-state index contributed by atoms with van der Waals surface area (Å²) in [6, 6.07) is 2.84. The average molecular weight is 423 g/mol. The molecule has 2 rings (SSSR count). The van der Waals surface area contributed by atoms with Crippen molar-refractivity contribution < 1.29 is 0 Å². The van der Waals surface area contributed by atoms with Crippen LogP contribution in [0.25, 0.3) is 0 Å². The number of hydrogen-bond acceptors (Lipinski definition) is 2. The van der Waals surface area contributed by atoms with Crippen LogP contribution in [0.2, 0.25) is 0 Å². The summed E-state index contributed by atoms with van der Waals surface area (Å²) in [5, 5.41) is 3.81. The molecule has 1 aromatic heterocycles. The van der Waals surface area contributed by atoms with Gasteiger partial charge in [0.05, 0.1) is 3.79 Å². The van der Waals surface area contributed by atoms with E-state index in [4.69, 9.17) is 0 Å². The van der Waals surface area contributed by atoms with Gasteiger partial charge in [0.2, 0.25) is 0 Å². The summed E-state index contributed by atoms with van der Waals surface area (Å²) in [6.45, 7) is 5.71. The van der Waals surface area contributed by atoms with Crippen LogP contribution in [0.3, 0.4) is 0 Å². The minimum Gasteiger partial charge on any atom is -0.309 e. The van der Waals surface area contributed by atoms with Gasteiger partial charge in [0.15, 0.2) is 0 Å². The number of hydrogen-bond donors (Lipinski definition) is 1.